The molecule has 0 heterocycles. The van der Waals surface area contributed by atoms with Gasteiger partial charge < -0.3 is 10.6 Å². The van der Waals surface area contributed by atoms with Gasteiger partial charge in [0.1, 0.15) is 5.82 Å². The predicted octanol–water partition coefficient (Wildman–Crippen LogP) is 2.24. The third-order valence-electron chi connectivity index (χ3n) is 3.61. The van der Waals surface area contributed by atoms with Crippen molar-refractivity contribution in [3.05, 3.63) is 30.1 Å². The van der Waals surface area contributed by atoms with Gasteiger partial charge in [0.15, 0.2) is 0 Å². The lowest BCUT2D eigenvalue weighted by Crippen LogP contribution is -2.53. The molecule has 0 unspecified atom stereocenters. The number of hydrogen-bond donors (Lipinski definition) is 1. The summed E-state index contributed by atoms with van der Waals surface area (Å²) in [4.78, 5) is 14.2. The Morgan fingerprint density at radius 1 is 1.39 bits per heavy atom. The summed E-state index contributed by atoms with van der Waals surface area (Å²) in [7, 11) is 1.66. The first-order valence-electron chi connectivity index (χ1n) is 5.81. The van der Waals surface area contributed by atoms with Gasteiger partial charge in [-0.2, -0.15) is 0 Å². The lowest BCUT2D eigenvalue weighted by Gasteiger charge is -2.41. The van der Waals surface area contributed by atoms with Crippen molar-refractivity contribution in [2.75, 3.05) is 11.9 Å². The summed E-state index contributed by atoms with van der Waals surface area (Å²) in [6, 6.07) is 5.79. The summed E-state index contributed by atoms with van der Waals surface area (Å²) in [5, 5.41) is 0. The minimum Gasteiger partial charge on any atom is -0.392 e. The smallest absolute Gasteiger partial charge is 0.239 e. The van der Waals surface area contributed by atoms with Crippen LogP contribution in [0.3, 0.4) is 0 Å². The van der Waals surface area contributed by atoms with E-state index in [0.717, 1.165) is 6.42 Å². The molecule has 3 nitrogen and oxygen atoms in total. The maximum atomic E-state index is 12.8. The Balaban J connectivity index is 2.23. The van der Waals surface area contributed by atoms with E-state index >= 15 is 0 Å². The maximum Gasteiger partial charge on any atom is 0.239 e. The van der Waals surface area contributed by atoms with Gasteiger partial charge in [0.25, 0.3) is 0 Å². The number of amides is 1. The van der Waals surface area contributed by atoms with Crippen molar-refractivity contribution >= 4 is 28.8 Å². The lowest BCUT2D eigenvalue weighted by molar-refractivity contribution is -0.127. The van der Waals surface area contributed by atoms with E-state index in [9.17, 15) is 9.18 Å². The number of rotatable bonds is 3. The molecule has 0 atom stereocenters. The standard InChI is InChI=1S/C13H15FN2OS/c1-16(10-5-3-9(14)4-6-10)12(17)13(11(15)18)7-2-8-13/h3-6H,2,7-8H2,1H3,(H2,15,18). The largest absolute Gasteiger partial charge is 0.392 e. The Hall–Kier alpha value is -1.49. The van der Waals surface area contributed by atoms with Gasteiger partial charge in [0.05, 0.1) is 10.4 Å². The number of benzene rings is 1. The molecule has 2 rings (SSSR count). The van der Waals surface area contributed by atoms with E-state index in [1.165, 1.54) is 17.0 Å². The monoisotopic (exact) mass is 266 g/mol. The van der Waals surface area contributed by atoms with Gasteiger partial charge in [-0.3, -0.25) is 4.79 Å². The molecule has 96 valence electrons. The molecule has 0 aliphatic heterocycles. The average molecular weight is 266 g/mol. The summed E-state index contributed by atoms with van der Waals surface area (Å²) in [6.45, 7) is 0. The van der Waals surface area contributed by atoms with E-state index in [1.54, 1.807) is 19.2 Å². The summed E-state index contributed by atoms with van der Waals surface area (Å²) in [5.41, 5.74) is 5.64. The first kappa shape index (κ1) is 13.0. The molecule has 1 fully saturated rings. The van der Waals surface area contributed by atoms with Crippen molar-refractivity contribution in [3.8, 4) is 0 Å². The molecule has 1 aromatic rings. The van der Waals surface area contributed by atoms with Gasteiger partial charge in [-0.05, 0) is 37.1 Å². The van der Waals surface area contributed by atoms with Crippen molar-refractivity contribution in [1.29, 1.82) is 0 Å². The molecule has 0 radical (unpaired) electrons. The van der Waals surface area contributed by atoms with Gasteiger partial charge >= 0.3 is 0 Å². The number of carbonyl (C=O) groups is 1. The Bertz CT molecular complexity index is 482. The topological polar surface area (TPSA) is 46.3 Å². The number of halogens is 1. The van der Waals surface area contributed by atoms with E-state index in [0.29, 0.717) is 18.5 Å². The number of carbonyl (C=O) groups excluding carboxylic acids is 1. The van der Waals surface area contributed by atoms with Gasteiger partial charge in [-0.1, -0.05) is 18.6 Å². The lowest BCUT2D eigenvalue weighted by atomic mass is 9.67. The van der Waals surface area contributed by atoms with Crippen LogP contribution in [0.15, 0.2) is 24.3 Å². The second-order valence-electron chi connectivity index (χ2n) is 4.64. The number of thiocarbonyl (C=S) groups is 1. The van der Waals surface area contributed by atoms with E-state index in [4.69, 9.17) is 18.0 Å². The van der Waals surface area contributed by atoms with E-state index < -0.39 is 5.41 Å². The van der Waals surface area contributed by atoms with Gasteiger partial charge in [-0.15, -0.1) is 0 Å². The van der Waals surface area contributed by atoms with Crippen LogP contribution in [-0.4, -0.2) is 17.9 Å². The van der Waals surface area contributed by atoms with Crippen LogP contribution >= 0.6 is 12.2 Å². The molecule has 1 saturated carbocycles. The molecule has 1 amide bonds. The van der Waals surface area contributed by atoms with Crippen LogP contribution in [0.4, 0.5) is 10.1 Å². The van der Waals surface area contributed by atoms with Crippen LogP contribution in [0.1, 0.15) is 19.3 Å². The highest BCUT2D eigenvalue weighted by Gasteiger charge is 2.48. The molecule has 5 heteroatoms. The average Bonchev–Trinajstić information content (AvgIpc) is 2.27. The second kappa shape index (κ2) is 4.65. The highest BCUT2D eigenvalue weighted by molar-refractivity contribution is 7.80. The number of nitrogens with two attached hydrogens (primary N) is 1. The summed E-state index contributed by atoms with van der Waals surface area (Å²) in [5.74, 6) is -0.430. The third-order valence-corrected chi connectivity index (χ3v) is 4.00. The zero-order valence-electron chi connectivity index (χ0n) is 10.1. The SMILES string of the molecule is CN(C(=O)C1(C(N)=S)CCC1)c1ccc(F)cc1. The van der Waals surface area contributed by atoms with E-state index in [2.05, 4.69) is 0 Å². The Kier molecular flexibility index (Phi) is 3.34. The van der Waals surface area contributed by atoms with E-state index in [1.807, 2.05) is 0 Å². The van der Waals surface area contributed by atoms with Crippen LogP contribution < -0.4 is 10.6 Å². The molecule has 0 aromatic heterocycles. The molecule has 0 saturated heterocycles. The summed E-state index contributed by atoms with van der Waals surface area (Å²) in [6.07, 6.45) is 2.36. The Morgan fingerprint density at radius 3 is 2.33 bits per heavy atom. The van der Waals surface area contributed by atoms with Crippen LogP contribution in [-0.2, 0) is 4.79 Å². The molecule has 1 aromatic carbocycles. The van der Waals surface area contributed by atoms with Gasteiger partial charge in [0.2, 0.25) is 5.91 Å². The van der Waals surface area contributed by atoms with Crippen LogP contribution in [0.5, 0.6) is 0 Å². The molecule has 18 heavy (non-hydrogen) atoms. The van der Waals surface area contributed by atoms with Crippen LogP contribution in [0.2, 0.25) is 0 Å². The quantitative estimate of drug-likeness (QED) is 0.853. The van der Waals surface area contributed by atoms with Crippen LogP contribution in [0, 0.1) is 11.2 Å². The number of nitrogens with zero attached hydrogens (tertiary/aromatic N) is 1. The molecular weight excluding hydrogens is 251 g/mol. The highest BCUT2D eigenvalue weighted by Crippen LogP contribution is 2.43. The van der Waals surface area contributed by atoms with Gasteiger partial charge in [0, 0.05) is 12.7 Å². The van der Waals surface area contributed by atoms with Crippen molar-refractivity contribution in [2.24, 2.45) is 11.1 Å². The first-order valence-corrected chi connectivity index (χ1v) is 6.22. The maximum absolute atomic E-state index is 12.8. The fourth-order valence-electron chi connectivity index (χ4n) is 2.20. The number of anilines is 1. The van der Waals surface area contributed by atoms with Gasteiger partial charge in [-0.25, -0.2) is 4.39 Å². The third kappa shape index (κ3) is 1.99. The molecule has 0 spiro atoms. The molecular formula is C13H15FN2OS. The van der Waals surface area contributed by atoms with Crippen molar-refractivity contribution in [2.45, 2.75) is 19.3 Å². The highest BCUT2D eigenvalue weighted by atomic mass is 32.1. The first-order chi connectivity index (χ1) is 8.47. The van der Waals surface area contributed by atoms with Crippen molar-refractivity contribution in [3.63, 3.8) is 0 Å². The summed E-state index contributed by atoms with van der Waals surface area (Å²) < 4.78 is 12.8. The molecule has 1 aliphatic carbocycles. The van der Waals surface area contributed by atoms with Crippen molar-refractivity contribution < 1.29 is 9.18 Å². The predicted molar refractivity (Wildman–Crippen MR) is 72.9 cm³/mol. The zero-order valence-corrected chi connectivity index (χ0v) is 11.0. The van der Waals surface area contributed by atoms with Crippen LogP contribution in [0.25, 0.3) is 0 Å². The Morgan fingerprint density at radius 2 is 1.94 bits per heavy atom. The molecule has 1 aliphatic rings. The zero-order chi connectivity index (χ0) is 13.3. The van der Waals surface area contributed by atoms with E-state index in [-0.39, 0.29) is 16.7 Å². The fraction of sp³-hybridized carbons (Fsp3) is 0.385. The van der Waals surface area contributed by atoms with Crippen molar-refractivity contribution in [1.82, 2.24) is 0 Å². The number of hydrogen-bond acceptors (Lipinski definition) is 2. The minimum absolute atomic E-state index is 0.104. The minimum atomic E-state index is -0.696. The normalized spacial score (nSPS) is 16.8. The summed E-state index contributed by atoms with van der Waals surface area (Å²) >= 11 is 5.02. The molecule has 0 bridgehead atoms. The second-order valence-corrected chi connectivity index (χ2v) is 5.08. The Labute approximate surface area is 111 Å². The fourth-order valence-corrected chi connectivity index (χ4v) is 2.49. The molecule has 2 N–H and O–H groups in total.